The Kier molecular flexibility index (Phi) is 22.8. The molecule has 0 aromatic heterocycles. The van der Waals surface area contributed by atoms with Crippen molar-refractivity contribution in [2.45, 2.75) is 0 Å². The Morgan fingerprint density at radius 1 is 0.778 bits per heavy atom. The average molecular weight is 351 g/mol. The van der Waals surface area contributed by atoms with Crippen molar-refractivity contribution in [2.24, 2.45) is 0 Å². The summed E-state index contributed by atoms with van der Waals surface area (Å²) in [5.41, 5.74) is 0. The minimum Gasteiger partial charge on any atom is -0.374 e. The van der Waals surface area contributed by atoms with Gasteiger partial charge in [0.15, 0.2) is 0 Å². The van der Waals surface area contributed by atoms with E-state index in [-0.39, 0.29) is 21.1 Å². The molecule has 2 N–H and O–H groups in total. The third-order valence-corrected chi connectivity index (χ3v) is 0. The maximum atomic E-state index is 8.12. The molecule has 0 spiro atoms. The van der Waals surface area contributed by atoms with E-state index in [2.05, 4.69) is 0 Å². The predicted octanol–water partition coefficient (Wildman–Crippen LogP) is 1.27. The summed E-state index contributed by atoms with van der Waals surface area (Å²) in [4.78, 5) is 16.2. The summed E-state index contributed by atoms with van der Waals surface area (Å²) in [5.74, 6) is 0. The van der Waals surface area contributed by atoms with Gasteiger partial charge in [0.05, 0.1) is 0 Å². The Morgan fingerprint density at radius 2 is 0.778 bits per heavy atom. The first-order valence-electron chi connectivity index (χ1n) is 2.19. The van der Waals surface area contributed by atoms with E-state index in [9.17, 15) is 0 Å². The fourth-order valence-corrected chi connectivity index (χ4v) is 0. The van der Waals surface area contributed by atoms with Crippen molar-refractivity contribution >= 4 is 16.3 Å². The van der Waals surface area contributed by atoms with Gasteiger partial charge in [-0.2, -0.15) is 0 Å². The second-order valence-electron chi connectivity index (χ2n) is 1.69. The molecule has 0 unspecified atom stereocenters. The van der Waals surface area contributed by atoms with Gasteiger partial charge in [-0.3, -0.25) is 0 Å². The molecule has 0 heterocycles. The first kappa shape index (κ1) is 16.8. The smallest absolute Gasteiger partial charge is 0.0187 e. The molecule has 0 aromatic rings. The van der Waals surface area contributed by atoms with Gasteiger partial charge in [-0.15, -0.1) is 0 Å². The zero-order valence-corrected chi connectivity index (χ0v) is 10.2. The molecule has 0 rings (SSSR count). The average Bonchev–Trinajstić information content (AvgIpc) is 1.25. The molecule has 9 heavy (non-hydrogen) atoms. The summed E-state index contributed by atoms with van der Waals surface area (Å²) in [7, 11) is -1.24. The summed E-state index contributed by atoms with van der Waals surface area (Å²) >= 11 is 0. The second kappa shape index (κ2) is 12.2. The van der Waals surface area contributed by atoms with Crippen LogP contribution in [0.5, 0.6) is 0 Å². The van der Waals surface area contributed by atoms with Crippen LogP contribution in [0.1, 0.15) is 0 Å². The van der Waals surface area contributed by atoms with Gasteiger partial charge < -0.3 is 9.79 Å². The maximum absolute atomic E-state index is 8.12. The van der Waals surface area contributed by atoms with Gasteiger partial charge >= 0.3 is 0 Å². The fourth-order valence-electron chi connectivity index (χ4n) is 0. The van der Waals surface area contributed by atoms with Crippen LogP contribution in [0.2, 0.25) is 0 Å². The summed E-state index contributed by atoms with van der Waals surface area (Å²) in [6.07, 6.45) is 0. The number of hydrogen-bond donors (Lipinski definition) is 2. The van der Waals surface area contributed by atoms with Crippen LogP contribution >= 0.6 is 16.3 Å². The predicted molar refractivity (Wildman–Crippen MR) is 42.0 cm³/mol. The summed E-state index contributed by atoms with van der Waals surface area (Å²) in [6.45, 7) is 7.15. The summed E-state index contributed by atoms with van der Waals surface area (Å²) in [6, 6.07) is 0. The van der Waals surface area contributed by atoms with Crippen LogP contribution in [0.4, 0.5) is 0 Å². The van der Waals surface area contributed by atoms with Crippen molar-refractivity contribution < 1.29 is 30.9 Å². The van der Waals surface area contributed by atoms with E-state index >= 15 is 0 Å². The van der Waals surface area contributed by atoms with Crippen LogP contribution in [0.25, 0.3) is 0 Å². The molecule has 0 saturated heterocycles. The van der Waals surface area contributed by atoms with E-state index in [1.54, 1.807) is 26.7 Å². The molecule has 0 aromatic carbocycles. The molecule has 0 bridgehead atoms. The molecular weight excluding hydrogens is 337 g/mol. The van der Waals surface area contributed by atoms with E-state index in [0.29, 0.717) is 0 Å². The second-order valence-corrected chi connectivity index (χ2v) is 5.08. The van der Waals surface area contributed by atoms with E-state index in [1.165, 1.54) is 0 Å². The summed E-state index contributed by atoms with van der Waals surface area (Å²) in [5, 5.41) is 0. The topological polar surface area (TPSA) is 40.5 Å². The molecule has 2 nitrogen and oxygen atoms in total. The Balaban J connectivity index is -0.0000000720. The number of rotatable bonds is 0. The van der Waals surface area contributed by atoms with E-state index < -0.39 is 16.3 Å². The molecule has 0 aliphatic rings. The molecule has 0 fully saturated rings. The van der Waals surface area contributed by atoms with Crippen molar-refractivity contribution in [2.75, 3.05) is 26.7 Å². The van der Waals surface area contributed by atoms with E-state index in [0.717, 1.165) is 0 Å². The van der Waals surface area contributed by atoms with Crippen molar-refractivity contribution in [3.63, 3.8) is 0 Å². The molecule has 0 aliphatic heterocycles. The minimum atomic E-state index is -0.620. The Hall–Kier alpha value is 1.47. The van der Waals surface area contributed by atoms with Crippen molar-refractivity contribution in [3.8, 4) is 0 Å². The zero-order valence-electron chi connectivity index (χ0n) is 6.11. The fraction of sp³-hybridized carbons (Fsp3) is 1.00. The van der Waals surface area contributed by atoms with Crippen LogP contribution in [-0.4, -0.2) is 36.4 Å². The van der Waals surface area contributed by atoms with Gasteiger partial charge in [0.2, 0.25) is 0 Å². The van der Waals surface area contributed by atoms with Crippen LogP contribution in [0.15, 0.2) is 0 Å². The molecule has 0 amide bonds. The molecular formula is C4H14O2P2Pt. The summed E-state index contributed by atoms with van der Waals surface area (Å²) < 4.78 is 0. The van der Waals surface area contributed by atoms with Crippen LogP contribution in [-0.2, 0) is 21.1 Å². The van der Waals surface area contributed by atoms with Gasteiger partial charge in [0.25, 0.3) is 0 Å². The van der Waals surface area contributed by atoms with Crippen molar-refractivity contribution in [1.29, 1.82) is 0 Å². The maximum Gasteiger partial charge on any atom is 0.0187 e. The number of hydrogen-bond acceptors (Lipinski definition) is 2. The molecule has 0 radical (unpaired) electrons. The van der Waals surface area contributed by atoms with Gasteiger partial charge in [-0.25, -0.2) is 0 Å². The third kappa shape index (κ3) is 245. The molecule has 62 valence electrons. The van der Waals surface area contributed by atoms with Crippen molar-refractivity contribution in [1.82, 2.24) is 0 Å². The van der Waals surface area contributed by atoms with Gasteiger partial charge in [0.1, 0.15) is 0 Å². The quantitative estimate of drug-likeness (QED) is 0.646. The third-order valence-electron chi connectivity index (χ3n) is 0. The first-order valence-corrected chi connectivity index (χ1v) is 6.57. The van der Waals surface area contributed by atoms with Crippen LogP contribution in [0.3, 0.4) is 0 Å². The SMILES string of the molecule is CP(C)O.CP(C)O.[Pt]. The van der Waals surface area contributed by atoms with Gasteiger partial charge in [-0.05, 0) is 26.7 Å². The van der Waals surface area contributed by atoms with Crippen LogP contribution in [0, 0.1) is 0 Å². The minimum absolute atomic E-state index is 0. The Labute approximate surface area is 74.0 Å². The largest absolute Gasteiger partial charge is 0.374 e. The molecule has 0 aliphatic carbocycles. The van der Waals surface area contributed by atoms with Gasteiger partial charge in [-0.1, -0.05) is 0 Å². The standard InChI is InChI=1S/2C2H7OP.Pt/c2*1-4(2)3;/h2*3H,1-2H3;. The molecule has 0 saturated carbocycles. The molecule has 0 atom stereocenters. The monoisotopic (exact) mass is 351 g/mol. The Morgan fingerprint density at radius 3 is 0.778 bits per heavy atom. The van der Waals surface area contributed by atoms with Crippen molar-refractivity contribution in [3.05, 3.63) is 0 Å². The van der Waals surface area contributed by atoms with E-state index in [1.807, 2.05) is 0 Å². The van der Waals surface area contributed by atoms with E-state index in [4.69, 9.17) is 9.79 Å². The molecule has 5 heteroatoms. The van der Waals surface area contributed by atoms with Crippen LogP contribution < -0.4 is 0 Å². The zero-order chi connectivity index (χ0) is 7.15. The van der Waals surface area contributed by atoms with Gasteiger partial charge in [0, 0.05) is 37.4 Å². The normalized spacial score (nSPS) is 8.00. The first-order chi connectivity index (χ1) is 3.46. The Bertz CT molecular complexity index is 32.0.